The predicted molar refractivity (Wildman–Crippen MR) is 140 cm³/mol. The molecule has 2 amide bonds. The van der Waals surface area contributed by atoms with E-state index in [2.05, 4.69) is 0 Å². The minimum absolute atomic E-state index is 0.00240. The number of ether oxygens (including phenoxy) is 1. The maximum absolute atomic E-state index is 13.3. The molecule has 0 spiro atoms. The highest BCUT2D eigenvalue weighted by molar-refractivity contribution is 6.02. The zero-order valence-electron chi connectivity index (χ0n) is 21.8. The number of carboxylic acids is 2. The van der Waals surface area contributed by atoms with Crippen LogP contribution in [0.15, 0.2) is 42.5 Å². The van der Waals surface area contributed by atoms with Crippen molar-refractivity contribution in [3.63, 3.8) is 0 Å². The zero-order valence-corrected chi connectivity index (χ0v) is 21.8. The number of likely N-dealkylation sites (tertiary alicyclic amines) is 1. The Hall–Kier alpha value is -4.21. The van der Waals surface area contributed by atoms with Crippen LogP contribution in [0.2, 0.25) is 0 Å². The topological polar surface area (TPSA) is 164 Å². The van der Waals surface area contributed by atoms with Crippen molar-refractivity contribution in [1.29, 1.82) is 0 Å². The summed E-state index contributed by atoms with van der Waals surface area (Å²) < 4.78 is 5.39. The summed E-state index contributed by atoms with van der Waals surface area (Å²) in [7, 11) is 1.56. The van der Waals surface area contributed by atoms with Crippen LogP contribution in [0.1, 0.15) is 66.9 Å². The Bertz CT molecular complexity index is 1190. The molecular formula is C28H34N2O8. The van der Waals surface area contributed by atoms with Gasteiger partial charge in [-0.05, 0) is 54.5 Å². The first kappa shape index (κ1) is 30.0. The molecule has 204 valence electrons. The van der Waals surface area contributed by atoms with E-state index >= 15 is 0 Å². The lowest BCUT2D eigenvalue weighted by atomic mass is 9.90. The molecular weight excluding hydrogens is 492 g/mol. The normalized spacial score (nSPS) is 16.1. The minimum Gasteiger partial charge on any atom is -0.496 e. The summed E-state index contributed by atoms with van der Waals surface area (Å²) in [6.45, 7) is 2.76. The highest BCUT2D eigenvalue weighted by atomic mass is 16.5. The fourth-order valence-corrected chi connectivity index (χ4v) is 4.40. The van der Waals surface area contributed by atoms with Crippen LogP contribution >= 0.6 is 0 Å². The third-order valence-electron chi connectivity index (χ3n) is 6.37. The number of carboxylic acid groups (broad SMARTS) is 2. The van der Waals surface area contributed by atoms with Crippen LogP contribution < -0.4 is 10.5 Å². The summed E-state index contributed by atoms with van der Waals surface area (Å²) in [6, 6.07) is 12.0. The number of hydrogen-bond acceptors (Lipinski definition) is 7. The number of imide groups is 1. The lowest BCUT2D eigenvalue weighted by Crippen LogP contribution is -2.42. The van der Waals surface area contributed by atoms with Gasteiger partial charge in [-0.3, -0.25) is 24.1 Å². The fourth-order valence-electron chi connectivity index (χ4n) is 4.40. The third-order valence-corrected chi connectivity index (χ3v) is 6.37. The summed E-state index contributed by atoms with van der Waals surface area (Å²) in [5.41, 5.74) is 7.57. The third kappa shape index (κ3) is 8.16. The highest BCUT2D eigenvalue weighted by Crippen LogP contribution is 2.30. The number of para-hydroxylation sites is 1. The Morgan fingerprint density at radius 3 is 2.37 bits per heavy atom. The summed E-state index contributed by atoms with van der Waals surface area (Å²) >= 11 is 0. The van der Waals surface area contributed by atoms with E-state index in [1.165, 1.54) is 6.07 Å². The van der Waals surface area contributed by atoms with Gasteiger partial charge in [-0.25, -0.2) is 4.79 Å². The standard InChI is InChI=1S/C26H30N2O6.C2H4O2/c1-3-16(17-9-11-21(26(32)33)22(27)13-17)14-24(30)28-15-20(29)10-8-19(25(28)31)12-18-6-4-5-7-23(18)34-2;1-2(3)4/h4-7,9,11,13,16,19H,3,8,10,12,14-15,27H2,1-2H3,(H,32,33);1H3,(H,3,4)/t16-,19+;/m0./s1. The van der Waals surface area contributed by atoms with Gasteiger partial charge in [0.25, 0.3) is 5.97 Å². The van der Waals surface area contributed by atoms with Crippen molar-refractivity contribution < 1.29 is 38.9 Å². The number of hydrogen-bond donors (Lipinski definition) is 3. The molecule has 0 aromatic heterocycles. The van der Waals surface area contributed by atoms with E-state index in [0.717, 1.165) is 23.0 Å². The van der Waals surface area contributed by atoms with Crippen LogP contribution in [-0.4, -0.2) is 58.3 Å². The van der Waals surface area contributed by atoms with Gasteiger partial charge in [0, 0.05) is 31.4 Å². The number of carbonyl (C=O) groups is 5. The molecule has 4 N–H and O–H groups in total. The Morgan fingerprint density at radius 2 is 1.79 bits per heavy atom. The smallest absolute Gasteiger partial charge is 0.337 e. The largest absolute Gasteiger partial charge is 0.496 e. The van der Waals surface area contributed by atoms with Crippen LogP contribution in [0.4, 0.5) is 5.69 Å². The molecule has 3 rings (SSSR count). The minimum atomic E-state index is -1.12. The Morgan fingerprint density at radius 1 is 1.13 bits per heavy atom. The molecule has 2 aromatic carbocycles. The summed E-state index contributed by atoms with van der Waals surface area (Å²) in [4.78, 5) is 60.3. The molecule has 0 aliphatic carbocycles. The SMILES string of the molecule is CC(=O)O.CC[C@@H](CC(=O)N1CC(=O)CC[C@H](Cc2ccccc2OC)C1=O)c1ccc(C(=O)O)c(N)c1. The number of rotatable bonds is 8. The fraction of sp³-hybridized carbons (Fsp3) is 0.393. The lowest BCUT2D eigenvalue weighted by Gasteiger charge is -2.25. The van der Waals surface area contributed by atoms with Gasteiger partial charge in [0.1, 0.15) is 5.75 Å². The zero-order chi connectivity index (χ0) is 28.4. The van der Waals surface area contributed by atoms with Crippen molar-refractivity contribution >= 4 is 35.2 Å². The van der Waals surface area contributed by atoms with Crippen LogP contribution in [0.3, 0.4) is 0 Å². The molecule has 0 radical (unpaired) electrons. The second-order valence-corrected chi connectivity index (χ2v) is 9.09. The van der Waals surface area contributed by atoms with Gasteiger partial charge in [0.05, 0.1) is 19.2 Å². The Kier molecular flexibility index (Phi) is 11.0. The molecule has 1 heterocycles. The maximum Gasteiger partial charge on any atom is 0.337 e. The first-order valence-corrected chi connectivity index (χ1v) is 12.3. The first-order chi connectivity index (χ1) is 18.0. The number of carbonyl (C=O) groups excluding carboxylic acids is 3. The number of aliphatic carboxylic acids is 1. The van der Waals surface area contributed by atoms with E-state index in [-0.39, 0.29) is 48.2 Å². The van der Waals surface area contributed by atoms with Gasteiger partial charge in [-0.1, -0.05) is 31.2 Å². The van der Waals surface area contributed by atoms with Gasteiger partial charge < -0.3 is 20.7 Å². The number of methoxy groups -OCH3 is 1. The number of benzene rings is 2. The summed E-state index contributed by atoms with van der Waals surface area (Å²) in [6.07, 6.45) is 1.59. The predicted octanol–water partition coefficient (Wildman–Crippen LogP) is 3.53. The quantitative estimate of drug-likeness (QED) is 0.436. The van der Waals surface area contributed by atoms with E-state index in [4.69, 9.17) is 20.4 Å². The average Bonchev–Trinajstić information content (AvgIpc) is 3.00. The number of ketones is 1. The summed E-state index contributed by atoms with van der Waals surface area (Å²) in [5.74, 6) is -2.98. The molecule has 0 saturated carbocycles. The number of nitrogen functional groups attached to an aromatic ring is 1. The van der Waals surface area contributed by atoms with Crippen molar-refractivity contribution in [2.45, 2.75) is 51.9 Å². The van der Waals surface area contributed by atoms with Crippen molar-refractivity contribution in [2.24, 2.45) is 5.92 Å². The van der Waals surface area contributed by atoms with Crippen LogP contribution in [-0.2, 0) is 25.6 Å². The molecule has 10 heteroatoms. The molecule has 2 aromatic rings. The van der Waals surface area contributed by atoms with E-state index in [1.807, 2.05) is 31.2 Å². The molecule has 1 aliphatic rings. The second kappa shape index (κ2) is 13.9. The molecule has 1 aliphatic heterocycles. The highest BCUT2D eigenvalue weighted by Gasteiger charge is 2.35. The molecule has 1 fully saturated rings. The summed E-state index contributed by atoms with van der Waals surface area (Å²) in [5, 5.41) is 16.6. The van der Waals surface area contributed by atoms with Crippen molar-refractivity contribution in [3.05, 3.63) is 59.2 Å². The molecule has 0 unspecified atom stereocenters. The number of nitrogens with zero attached hydrogens (tertiary/aromatic N) is 1. The molecule has 1 saturated heterocycles. The number of nitrogens with two attached hydrogens (primary N) is 1. The number of amides is 2. The van der Waals surface area contributed by atoms with Crippen molar-refractivity contribution in [3.8, 4) is 5.75 Å². The molecule has 2 atom stereocenters. The van der Waals surface area contributed by atoms with Gasteiger partial charge in [0.15, 0.2) is 5.78 Å². The van der Waals surface area contributed by atoms with Crippen molar-refractivity contribution in [2.75, 3.05) is 19.4 Å². The first-order valence-electron chi connectivity index (χ1n) is 12.3. The van der Waals surface area contributed by atoms with Crippen LogP contribution in [0.25, 0.3) is 0 Å². The van der Waals surface area contributed by atoms with Gasteiger partial charge in [0.2, 0.25) is 11.8 Å². The molecule has 38 heavy (non-hydrogen) atoms. The van der Waals surface area contributed by atoms with Gasteiger partial charge in [-0.15, -0.1) is 0 Å². The number of Topliss-reactive ketones (excluding diaryl/α,β-unsaturated/α-hetero) is 1. The van der Waals surface area contributed by atoms with E-state index in [1.54, 1.807) is 19.2 Å². The molecule has 10 nitrogen and oxygen atoms in total. The van der Waals surface area contributed by atoms with E-state index in [0.29, 0.717) is 25.0 Å². The van der Waals surface area contributed by atoms with E-state index in [9.17, 15) is 24.3 Å². The van der Waals surface area contributed by atoms with Gasteiger partial charge in [-0.2, -0.15) is 0 Å². The van der Waals surface area contributed by atoms with Crippen LogP contribution in [0, 0.1) is 5.92 Å². The lowest BCUT2D eigenvalue weighted by molar-refractivity contribution is -0.148. The maximum atomic E-state index is 13.3. The van der Waals surface area contributed by atoms with Crippen molar-refractivity contribution in [1.82, 2.24) is 4.90 Å². The Labute approximate surface area is 221 Å². The van der Waals surface area contributed by atoms with E-state index < -0.39 is 23.8 Å². The monoisotopic (exact) mass is 526 g/mol. The molecule has 0 bridgehead atoms. The van der Waals surface area contributed by atoms with Gasteiger partial charge >= 0.3 is 5.97 Å². The average molecular weight is 527 g/mol. The number of aromatic carboxylic acids is 1. The second-order valence-electron chi connectivity index (χ2n) is 9.09. The van der Waals surface area contributed by atoms with Crippen LogP contribution in [0.5, 0.6) is 5.75 Å². The Balaban J connectivity index is 0.00000118. The number of anilines is 1.